The topological polar surface area (TPSA) is 65.4 Å². The highest BCUT2D eigenvalue weighted by molar-refractivity contribution is 6.32. The normalized spacial score (nSPS) is 10.8. The molecule has 0 unspecified atom stereocenters. The summed E-state index contributed by atoms with van der Waals surface area (Å²) in [5, 5.41) is 7.33. The SMILES string of the molecule is COc1cc(C(=O)Nc2cc(C)nn2C)cc(Cl)c1OCC(C)C. The van der Waals surface area contributed by atoms with Gasteiger partial charge in [-0.3, -0.25) is 9.48 Å². The number of aryl methyl sites for hydroxylation is 2. The Morgan fingerprint density at radius 1 is 1.38 bits per heavy atom. The van der Waals surface area contributed by atoms with Gasteiger partial charge in [0.25, 0.3) is 5.91 Å². The minimum atomic E-state index is -0.298. The Morgan fingerprint density at radius 2 is 2.08 bits per heavy atom. The van der Waals surface area contributed by atoms with E-state index in [1.807, 2.05) is 20.8 Å². The van der Waals surface area contributed by atoms with Gasteiger partial charge in [-0.05, 0) is 25.0 Å². The number of nitrogens with zero attached hydrogens (tertiary/aromatic N) is 2. The summed E-state index contributed by atoms with van der Waals surface area (Å²) in [5.41, 5.74) is 1.20. The molecule has 0 aliphatic rings. The van der Waals surface area contributed by atoms with E-state index >= 15 is 0 Å². The number of ether oxygens (including phenoxy) is 2. The molecular weight excluding hydrogens is 330 g/mol. The number of hydrogen-bond acceptors (Lipinski definition) is 4. The summed E-state index contributed by atoms with van der Waals surface area (Å²) in [4.78, 5) is 12.5. The molecule has 1 aromatic heterocycles. The van der Waals surface area contributed by atoms with E-state index in [4.69, 9.17) is 21.1 Å². The second kappa shape index (κ2) is 7.57. The molecule has 130 valence electrons. The Labute approximate surface area is 146 Å². The van der Waals surface area contributed by atoms with E-state index in [1.165, 1.54) is 7.11 Å². The zero-order chi connectivity index (χ0) is 17.9. The highest BCUT2D eigenvalue weighted by atomic mass is 35.5. The van der Waals surface area contributed by atoms with Crippen LogP contribution in [0.5, 0.6) is 11.5 Å². The number of nitrogens with one attached hydrogen (secondary N) is 1. The van der Waals surface area contributed by atoms with Gasteiger partial charge >= 0.3 is 0 Å². The summed E-state index contributed by atoms with van der Waals surface area (Å²) < 4.78 is 12.6. The summed E-state index contributed by atoms with van der Waals surface area (Å²) in [6.45, 7) is 6.45. The quantitative estimate of drug-likeness (QED) is 0.862. The number of anilines is 1. The molecule has 0 fully saturated rings. The van der Waals surface area contributed by atoms with E-state index < -0.39 is 0 Å². The monoisotopic (exact) mass is 351 g/mol. The van der Waals surface area contributed by atoms with E-state index in [-0.39, 0.29) is 5.91 Å². The largest absolute Gasteiger partial charge is 0.493 e. The lowest BCUT2D eigenvalue weighted by atomic mass is 10.1. The summed E-state index contributed by atoms with van der Waals surface area (Å²) in [6.07, 6.45) is 0. The number of methoxy groups -OCH3 is 1. The van der Waals surface area contributed by atoms with Crippen LogP contribution in [0.3, 0.4) is 0 Å². The summed E-state index contributed by atoms with van der Waals surface area (Å²) in [7, 11) is 3.28. The number of benzene rings is 1. The van der Waals surface area contributed by atoms with E-state index in [0.29, 0.717) is 40.4 Å². The van der Waals surface area contributed by atoms with Crippen molar-refractivity contribution in [3.05, 3.63) is 34.5 Å². The number of amides is 1. The molecule has 2 aromatic rings. The third-order valence-corrected chi connectivity index (χ3v) is 3.58. The van der Waals surface area contributed by atoms with Crippen molar-refractivity contribution in [2.45, 2.75) is 20.8 Å². The minimum Gasteiger partial charge on any atom is -0.493 e. The second-order valence-electron chi connectivity index (χ2n) is 5.94. The first-order valence-electron chi connectivity index (χ1n) is 7.64. The van der Waals surface area contributed by atoms with Crippen LogP contribution in [0.2, 0.25) is 5.02 Å². The van der Waals surface area contributed by atoms with Gasteiger partial charge < -0.3 is 14.8 Å². The smallest absolute Gasteiger partial charge is 0.257 e. The zero-order valence-corrected chi connectivity index (χ0v) is 15.3. The van der Waals surface area contributed by atoms with Gasteiger partial charge in [0.05, 0.1) is 24.4 Å². The van der Waals surface area contributed by atoms with E-state index in [2.05, 4.69) is 10.4 Å². The van der Waals surface area contributed by atoms with Crippen molar-refractivity contribution in [3.63, 3.8) is 0 Å². The minimum absolute atomic E-state index is 0.298. The molecule has 1 N–H and O–H groups in total. The molecule has 0 bridgehead atoms. The van der Waals surface area contributed by atoms with Crippen LogP contribution in [0, 0.1) is 12.8 Å². The van der Waals surface area contributed by atoms with Crippen LogP contribution in [0.1, 0.15) is 29.9 Å². The average Bonchev–Trinajstić information content (AvgIpc) is 2.82. The molecule has 0 spiro atoms. The molecule has 2 rings (SSSR count). The predicted molar refractivity (Wildman–Crippen MR) is 94.2 cm³/mol. The predicted octanol–water partition coefficient (Wildman–Crippen LogP) is 3.68. The summed E-state index contributed by atoms with van der Waals surface area (Å²) in [5.74, 6) is 1.53. The molecule has 1 heterocycles. The van der Waals surface area contributed by atoms with E-state index in [9.17, 15) is 4.79 Å². The number of carbonyl (C=O) groups excluding carboxylic acids is 1. The van der Waals surface area contributed by atoms with Gasteiger partial charge in [-0.1, -0.05) is 25.4 Å². The van der Waals surface area contributed by atoms with Gasteiger partial charge in [0.15, 0.2) is 11.5 Å². The van der Waals surface area contributed by atoms with E-state index in [1.54, 1.807) is 29.9 Å². The molecule has 0 saturated heterocycles. The molecule has 7 heteroatoms. The summed E-state index contributed by atoms with van der Waals surface area (Å²) in [6, 6.07) is 4.97. The lowest BCUT2D eigenvalue weighted by Crippen LogP contribution is -2.15. The van der Waals surface area contributed by atoms with Gasteiger partial charge in [-0.15, -0.1) is 0 Å². The number of carbonyl (C=O) groups is 1. The maximum atomic E-state index is 12.5. The van der Waals surface area contributed by atoms with E-state index in [0.717, 1.165) is 5.69 Å². The zero-order valence-electron chi connectivity index (χ0n) is 14.5. The van der Waals surface area contributed by atoms with Gasteiger partial charge in [0.2, 0.25) is 0 Å². The Kier molecular flexibility index (Phi) is 5.72. The number of rotatable bonds is 6. The fourth-order valence-corrected chi connectivity index (χ4v) is 2.42. The Balaban J connectivity index is 2.25. The first-order chi connectivity index (χ1) is 11.3. The number of halogens is 1. The van der Waals surface area contributed by atoms with Crippen molar-refractivity contribution in [1.29, 1.82) is 0 Å². The van der Waals surface area contributed by atoms with Gasteiger partial charge in [-0.25, -0.2) is 0 Å². The lowest BCUT2D eigenvalue weighted by Gasteiger charge is -2.15. The molecule has 0 aliphatic heterocycles. The van der Waals surface area contributed by atoms with Crippen LogP contribution in [-0.2, 0) is 7.05 Å². The number of aromatic nitrogens is 2. The highest BCUT2D eigenvalue weighted by Gasteiger charge is 2.17. The first-order valence-corrected chi connectivity index (χ1v) is 8.02. The molecule has 0 saturated carbocycles. The average molecular weight is 352 g/mol. The van der Waals surface area contributed by atoms with Crippen molar-refractivity contribution in [2.75, 3.05) is 19.0 Å². The van der Waals surface area contributed by atoms with Crippen LogP contribution in [0.4, 0.5) is 5.82 Å². The highest BCUT2D eigenvalue weighted by Crippen LogP contribution is 2.36. The van der Waals surface area contributed by atoms with Crippen LogP contribution in [0.25, 0.3) is 0 Å². The van der Waals surface area contributed by atoms with Crippen LogP contribution < -0.4 is 14.8 Å². The van der Waals surface area contributed by atoms with Crippen molar-refractivity contribution in [3.8, 4) is 11.5 Å². The molecule has 1 aromatic carbocycles. The van der Waals surface area contributed by atoms with Gasteiger partial charge in [0.1, 0.15) is 5.82 Å². The molecule has 0 atom stereocenters. The first kappa shape index (κ1) is 18.1. The fraction of sp³-hybridized carbons (Fsp3) is 0.412. The lowest BCUT2D eigenvalue weighted by molar-refractivity contribution is 0.102. The van der Waals surface area contributed by atoms with Crippen molar-refractivity contribution in [1.82, 2.24) is 9.78 Å². The van der Waals surface area contributed by atoms with Gasteiger partial charge in [0, 0.05) is 18.7 Å². The maximum Gasteiger partial charge on any atom is 0.257 e. The third kappa shape index (κ3) is 4.20. The van der Waals surface area contributed by atoms with Crippen molar-refractivity contribution in [2.24, 2.45) is 13.0 Å². The van der Waals surface area contributed by atoms with Crippen LogP contribution in [-0.4, -0.2) is 29.4 Å². The molecule has 6 nitrogen and oxygen atoms in total. The Bertz CT molecular complexity index is 741. The Hall–Kier alpha value is -2.21. The van der Waals surface area contributed by atoms with Crippen LogP contribution in [0.15, 0.2) is 18.2 Å². The van der Waals surface area contributed by atoms with Crippen molar-refractivity contribution >= 4 is 23.3 Å². The fourth-order valence-electron chi connectivity index (χ4n) is 2.16. The standard InChI is InChI=1S/C17H22ClN3O3/c1-10(2)9-24-16-13(18)7-12(8-14(16)23-5)17(22)19-15-6-11(3)20-21(15)4/h6-8,10H,9H2,1-5H3,(H,19,22). The molecule has 1 amide bonds. The molecular formula is C17H22ClN3O3. The summed E-state index contributed by atoms with van der Waals surface area (Å²) >= 11 is 6.28. The van der Waals surface area contributed by atoms with Crippen LogP contribution >= 0.6 is 11.6 Å². The third-order valence-electron chi connectivity index (χ3n) is 3.30. The second-order valence-corrected chi connectivity index (χ2v) is 6.35. The van der Waals surface area contributed by atoms with Gasteiger partial charge in [-0.2, -0.15) is 5.10 Å². The number of hydrogen-bond donors (Lipinski definition) is 1. The molecule has 0 aliphatic carbocycles. The van der Waals surface area contributed by atoms with Crippen molar-refractivity contribution < 1.29 is 14.3 Å². The molecule has 0 radical (unpaired) electrons. The Morgan fingerprint density at radius 3 is 2.62 bits per heavy atom. The molecule has 24 heavy (non-hydrogen) atoms. The maximum absolute atomic E-state index is 12.5.